The Balaban J connectivity index is 1.88. The van der Waals surface area contributed by atoms with Gasteiger partial charge in [0.2, 0.25) is 0 Å². The first-order chi connectivity index (χ1) is 14.3. The van der Waals surface area contributed by atoms with Crippen molar-refractivity contribution in [3.63, 3.8) is 0 Å². The molecule has 0 atom stereocenters. The largest absolute Gasteiger partial charge is 0.416 e. The summed E-state index contributed by atoms with van der Waals surface area (Å²) in [6.07, 6.45) is -1.42. The van der Waals surface area contributed by atoms with Gasteiger partial charge in [0.25, 0.3) is 0 Å². The summed E-state index contributed by atoms with van der Waals surface area (Å²) in [5.74, 6) is 0.667. The van der Waals surface area contributed by atoms with Gasteiger partial charge in [0.15, 0.2) is 0 Å². The fraction of sp³-hybridized carbons (Fsp3) is 0.421. The molecule has 2 aromatic heterocycles. The molecule has 0 bridgehead atoms. The summed E-state index contributed by atoms with van der Waals surface area (Å²) in [6, 6.07) is 3.59. The highest BCUT2D eigenvalue weighted by molar-refractivity contribution is 6.02. The number of nitrogens with zero attached hydrogens (tertiary/aromatic N) is 5. The van der Waals surface area contributed by atoms with Gasteiger partial charge in [0, 0.05) is 24.6 Å². The number of hydrogen-bond donors (Lipinski definition) is 2. The van der Waals surface area contributed by atoms with Crippen LogP contribution in [-0.2, 0) is 17.5 Å². The SMILES string of the molecule is CC(=N)/N=N\NCc1nc2cnc3ccc(C(F)(F)F)cc3c2n1C1CCOCC1. The van der Waals surface area contributed by atoms with Crippen LogP contribution in [0.4, 0.5) is 13.2 Å². The Hall–Kier alpha value is -3.08. The molecule has 8 nitrogen and oxygen atoms in total. The Kier molecular flexibility index (Phi) is 5.37. The lowest BCUT2D eigenvalue weighted by Crippen LogP contribution is -2.23. The standard InChI is InChI=1S/C19H20F3N7O/c1-11(23)27-28-25-10-17-26-16-9-24-15-3-2-12(19(20,21)22)8-14(15)18(16)29(17)13-4-6-30-7-5-13/h2-3,8-9,13H,4-7,10H2,1H3,(H2,23,25,27). The van der Waals surface area contributed by atoms with Crippen LogP contribution in [-0.4, -0.2) is 33.6 Å². The van der Waals surface area contributed by atoms with Gasteiger partial charge in [-0.2, -0.15) is 13.2 Å². The number of fused-ring (bicyclic) bond motifs is 3. The lowest BCUT2D eigenvalue weighted by Gasteiger charge is -2.26. The van der Waals surface area contributed by atoms with Gasteiger partial charge in [0.05, 0.1) is 29.3 Å². The van der Waals surface area contributed by atoms with E-state index in [0.29, 0.717) is 41.0 Å². The fourth-order valence-corrected chi connectivity index (χ4v) is 3.68. The molecule has 4 rings (SSSR count). The third-order valence-corrected chi connectivity index (χ3v) is 4.98. The normalized spacial score (nSPS) is 16.0. The van der Waals surface area contributed by atoms with Gasteiger partial charge < -0.3 is 9.30 Å². The summed E-state index contributed by atoms with van der Waals surface area (Å²) in [7, 11) is 0. The molecule has 1 fully saturated rings. The zero-order chi connectivity index (χ0) is 21.3. The van der Waals surface area contributed by atoms with E-state index < -0.39 is 11.7 Å². The second-order valence-corrected chi connectivity index (χ2v) is 7.08. The predicted octanol–water partition coefficient (Wildman–Crippen LogP) is 4.41. The van der Waals surface area contributed by atoms with Crippen LogP contribution in [0.3, 0.4) is 0 Å². The molecule has 1 aliphatic heterocycles. The number of alkyl halides is 3. The second-order valence-electron chi connectivity index (χ2n) is 7.08. The maximum absolute atomic E-state index is 13.3. The van der Waals surface area contributed by atoms with Crippen molar-refractivity contribution in [1.82, 2.24) is 20.0 Å². The number of amidine groups is 1. The average molecular weight is 419 g/mol. The van der Waals surface area contributed by atoms with Crippen LogP contribution in [0.15, 0.2) is 34.7 Å². The number of ether oxygens (including phenoxy) is 1. The highest BCUT2D eigenvalue weighted by Crippen LogP contribution is 2.35. The number of benzene rings is 1. The van der Waals surface area contributed by atoms with Crippen molar-refractivity contribution in [2.45, 2.75) is 38.5 Å². The van der Waals surface area contributed by atoms with Gasteiger partial charge in [0.1, 0.15) is 17.2 Å². The quantitative estimate of drug-likeness (QED) is 0.283. The molecule has 2 N–H and O–H groups in total. The van der Waals surface area contributed by atoms with E-state index in [9.17, 15) is 13.2 Å². The maximum atomic E-state index is 13.3. The lowest BCUT2D eigenvalue weighted by molar-refractivity contribution is -0.137. The molecule has 1 aromatic carbocycles. The van der Waals surface area contributed by atoms with Crippen LogP contribution in [0.2, 0.25) is 0 Å². The van der Waals surface area contributed by atoms with E-state index in [1.165, 1.54) is 13.0 Å². The summed E-state index contributed by atoms with van der Waals surface area (Å²) >= 11 is 0. The van der Waals surface area contributed by atoms with E-state index >= 15 is 0 Å². The average Bonchev–Trinajstić information content (AvgIpc) is 3.09. The number of aromatic nitrogens is 3. The summed E-state index contributed by atoms with van der Waals surface area (Å²) in [6.45, 7) is 2.85. The molecule has 0 radical (unpaired) electrons. The summed E-state index contributed by atoms with van der Waals surface area (Å²) in [5.41, 5.74) is 3.65. The van der Waals surface area contributed by atoms with E-state index in [2.05, 4.69) is 25.7 Å². The first-order valence-corrected chi connectivity index (χ1v) is 9.48. The number of imidazole rings is 1. The van der Waals surface area contributed by atoms with E-state index in [1.807, 2.05) is 4.57 Å². The van der Waals surface area contributed by atoms with Crippen molar-refractivity contribution in [1.29, 1.82) is 5.41 Å². The van der Waals surface area contributed by atoms with Crippen LogP contribution in [0.25, 0.3) is 21.9 Å². The second kappa shape index (κ2) is 7.98. The van der Waals surface area contributed by atoms with Crippen molar-refractivity contribution in [3.05, 3.63) is 35.8 Å². The van der Waals surface area contributed by atoms with Crippen LogP contribution in [0.1, 0.15) is 37.2 Å². The third-order valence-electron chi connectivity index (χ3n) is 4.98. The molecular formula is C19H20F3N7O. The summed E-state index contributed by atoms with van der Waals surface area (Å²) in [4.78, 5) is 8.90. The van der Waals surface area contributed by atoms with Crippen LogP contribution in [0.5, 0.6) is 0 Å². The number of hydrogen-bond acceptors (Lipinski definition) is 5. The zero-order valence-corrected chi connectivity index (χ0v) is 16.2. The Morgan fingerprint density at radius 1 is 1.30 bits per heavy atom. The maximum Gasteiger partial charge on any atom is 0.416 e. The van der Waals surface area contributed by atoms with Gasteiger partial charge in [-0.3, -0.25) is 15.8 Å². The summed E-state index contributed by atoms with van der Waals surface area (Å²) in [5, 5.41) is 15.1. The number of halogens is 3. The van der Waals surface area contributed by atoms with Crippen LogP contribution < -0.4 is 5.43 Å². The van der Waals surface area contributed by atoms with E-state index in [1.54, 1.807) is 6.20 Å². The Bertz CT molecular complexity index is 1120. The number of rotatable bonds is 4. The highest BCUT2D eigenvalue weighted by Gasteiger charge is 2.31. The van der Waals surface area contributed by atoms with Gasteiger partial charge in [-0.1, -0.05) is 5.22 Å². The molecule has 1 aliphatic rings. The Morgan fingerprint density at radius 3 is 2.77 bits per heavy atom. The predicted molar refractivity (Wildman–Crippen MR) is 104 cm³/mol. The van der Waals surface area contributed by atoms with Crippen LogP contribution >= 0.6 is 0 Å². The molecule has 3 heterocycles. The van der Waals surface area contributed by atoms with Crippen molar-refractivity contribution in [2.24, 2.45) is 10.3 Å². The van der Waals surface area contributed by atoms with E-state index in [0.717, 1.165) is 25.0 Å². The first kappa shape index (κ1) is 20.2. The molecule has 11 heteroatoms. The molecular weight excluding hydrogens is 399 g/mol. The van der Waals surface area contributed by atoms with Gasteiger partial charge >= 0.3 is 6.18 Å². The smallest absolute Gasteiger partial charge is 0.381 e. The van der Waals surface area contributed by atoms with Crippen molar-refractivity contribution >= 4 is 27.8 Å². The van der Waals surface area contributed by atoms with E-state index in [4.69, 9.17) is 10.1 Å². The molecule has 0 unspecified atom stereocenters. The molecule has 0 amide bonds. The fourth-order valence-electron chi connectivity index (χ4n) is 3.68. The molecule has 0 aliphatic carbocycles. The Labute approximate surface area is 169 Å². The zero-order valence-electron chi connectivity index (χ0n) is 16.2. The van der Waals surface area contributed by atoms with Crippen molar-refractivity contribution in [2.75, 3.05) is 13.2 Å². The minimum absolute atomic E-state index is 0.0297. The van der Waals surface area contributed by atoms with Gasteiger partial charge in [-0.05, 0) is 38.0 Å². The summed E-state index contributed by atoms with van der Waals surface area (Å²) < 4.78 is 47.4. The lowest BCUT2D eigenvalue weighted by atomic mass is 10.1. The van der Waals surface area contributed by atoms with E-state index in [-0.39, 0.29) is 18.4 Å². The number of pyridine rings is 1. The molecule has 158 valence electrons. The Morgan fingerprint density at radius 2 is 2.07 bits per heavy atom. The first-order valence-electron chi connectivity index (χ1n) is 9.48. The van der Waals surface area contributed by atoms with Crippen molar-refractivity contribution in [3.8, 4) is 0 Å². The highest BCUT2D eigenvalue weighted by atomic mass is 19.4. The minimum Gasteiger partial charge on any atom is -0.381 e. The van der Waals surface area contributed by atoms with Gasteiger partial charge in [-0.15, -0.1) is 5.11 Å². The molecule has 1 saturated heterocycles. The topological polar surface area (TPSA) is 101 Å². The molecule has 3 aromatic rings. The minimum atomic E-state index is -4.45. The van der Waals surface area contributed by atoms with Gasteiger partial charge in [-0.25, -0.2) is 4.98 Å². The third kappa shape index (κ3) is 3.97. The molecule has 0 saturated carbocycles. The van der Waals surface area contributed by atoms with Crippen LogP contribution in [0, 0.1) is 5.41 Å². The monoisotopic (exact) mass is 419 g/mol. The molecule has 0 spiro atoms. The van der Waals surface area contributed by atoms with Crippen molar-refractivity contribution < 1.29 is 17.9 Å². The molecule has 30 heavy (non-hydrogen) atoms. The number of nitrogens with one attached hydrogen (secondary N) is 2.